The summed E-state index contributed by atoms with van der Waals surface area (Å²) < 4.78 is 5.85. The van der Waals surface area contributed by atoms with E-state index in [4.69, 9.17) is 27.9 Å². The van der Waals surface area contributed by atoms with E-state index in [1.807, 2.05) is 36.4 Å². The van der Waals surface area contributed by atoms with E-state index in [1.165, 1.54) is 0 Å². The molecular weight excluding hydrogens is 409 g/mol. The van der Waals surface area contributed by atoms with Crippen LogP contribution in [0.15, 0.2) is 36.4 Å². The third kappa shape index (κ3) is 4.97. The van der Waals surface area contributed by atoms with E-state index in [9.17, 15) is 4.79 Å². The number of fused-ring (bicyclic) bond motifs is 1. The Kier molecular flexibility index (Phi) is 6.48. The summed E-state index contributed by atoms with van der Waals surface area (Å²) in [5.74, 6) is 0.868. The SMILES string of the molecule is O=C1Cc2ccc(OCCCCN3CCN(c4cccc(Cl)c4Cl)CC3)cc2N1. The fourth-order valence-corrected chi connectivity index (χ4v) is 4.27. The van der Waals surface area contributed by atoms with E-state index >= 15 is 0 Å². The molecule has 0 saturated carbocycles. The molecule has 0 unspecified atom stereocenters. The van der Waals surface area contributed by atoms with Crippen molar-refractivity contribution in [2.45, 2.75) is 19.3 Å². The molecule has 2 aromatic carbocycles. The molecule has 1 saturated heterocycles. The molecule has 0 radical (unpaired) electrons. The lowest BCUT2D eigenvalue weighted by Crippen LogP contribution is -2.46. The molecule has 2 aliphatic rings. The van der Waals surface area contributed by atoms with Gasteiger partial charge in [-0.15, -0.1) is 0 Å². The summed E-state index contributed by atoms with van der Waals surface area (Å²) in [5.41, 5.74) is 2.95. The summed E-state index contributed by atoms with van der Waals surface area (Å²) >= 11 is 12.5. The number of carbonyl (C=O) groups is 1. The summed E-state index contributed by atoms with van der Waals surface area (Å²) in [4.78, 5) is 16.2. The lowest BCUT2D eigenvalue weighted by molar-refractivity contribution is -0.115. The lowest BCUT2D eigenvalue weighted by Gasteiger charge is -2.36. The molecule has 4 rings (SSSR count). The Morgan fingerprint density at radius 1 is 1.03 bits per heavy atom. The zero-order chi connectivity index (χ0) is 20.2. The molecule has 1 amide bonds. The number of carbonyl (C=O) groups excluding carboxylic acids is 1. The average Bonchev–Trinajstić information content (AvgIpc) is 3.10. The molecule has 29 heavy (non-hydrogen) atoms. The Labute approximate surface area is 181 Å². The second kappa shape index (κ2) is 9.24. The third-order valence-corrected chi connectivity index (χ3v) is 6.30. The number of rotatable bonds is 7. The van der Waals surface area contributed by atoms with Gasteiger partial charge in [0.1, 0.15) is 5.75 Å². The fourth-order valence-electron chi connectivity index (χ4n) is 3.86. The van der Waals surface area contributed by atoms with E-state index in [0.29, 0.717) is 23.1 Å². The molecule has 0 aliphatic carbocycles. The highest BCUT2D eigenvalue weighted by atomic mass is 35.5. The van der Waals surface area contributed by atoms with Gasteiger partial charge in [0.2, 0.25) is 5.91 Å². The third-order valence-electron chi connectivity index (χ3n) is 5.49. The molecule has 0 spiro atoms. The molecule has 1 N–H and O–H groups in total. The van der Waals surface area contributed by atoms with Crippen molar-refractivity contribution < 1.29 is 9.53 Å². The van der Waals surface area contributed by atoms with E-state index in [-0.39, 0.29) is 5.91 Å². The number of amides is 1. The minimum Gasteiger partial charge on any atom is -0.494 e. The van der Waals surface area contributed by atoms with Crippen LogP contribution in [0.5, 0.6) is 5.75 Å². The average molecular weight is 434 g/mol. The Balaban J connectivity index is 1.15. The molecule has 2 heterocycles. The number of hydrogen-bond acceptors (Lipinski definition) is 4. The minimum absolute atomic E-state index is 0.0508. The van der Waals surface area contributed by atoms with Gasteiger partial charge in [0, 0.05) is 37.9 Å². The van der Waals surface area contributed by atoms with Crippen LogP contribution in [0.4, 0.5) is 11.4 Å². The smallest absolute Gasteiger partial charge is 0.228 e. The van der Waals surface area contributed by atoms with Gasteiger partial charge in [-0.1, -0.05) is 35.3 Å². The number of nitrogens with one attached hydrogen (secondary N) is 1. The number of anilines is 2. The monoisotopic (exact) mass is 433 g/mol. The first-order chi connectivity index (χ1) is 14.1. The normalized spacial score (nSPS) is 16.6. The predicted octanol–water partition coefficient (Wildman–Crippen LogP) is 4.47. The van der Waals surface area contributed by atoms with E-state index in [2.05, 4.69) is 15.1 Å². The van der Waals surface area contributed by atoms with Gasteiger partial charge < -0.3 is 15.0 Å². The minimum atomic E-state index is 0.0508. The number of piperazine rings is 1. The second-order valence-corrected chi connectivity index (χ2v) is 8.29. The first kappa shape index (κ1) is 20.3. The molecule has 0 aromatic heterocycles. The zero-order valence-corrected chi connectivity index (χ0v) is 17.8. The molecule has 7 heteroatoms. The van der Waals surface area contributed by atoms with Crippen molar-refractivity contribution in [3.63, 3.8) is 0 Å². The largest absolute Gasteiger partial charge is 0.494 e. The first-order valence-corrected chi connectivity index (χ1v) is 10.8. The Morgan fingerprint density at radius 3 is 2.69 bits per heavy atom. The molecule has 154 valence electrons. The number of hydrogen-bond donors (Lipinski definition) is 1. The van der Waals surface area contributed by atoms with Crippen molar-refractivity contribution in [1.82, 2.24) is 4.90 Å². The summed E-state index contributed by atoms with van der Waals surface area (Å²) in [6.45, 7) is 5.71. The summed E-state index contributed by atoms with van der Waals surface area (Å²) in [6, 6.07) is 11.6. The van der Waals surface area contributed by atoms with Gasteiger partial charge in [-0.05, 0) is 43.1 Å². The molecule has 2 aromatic rings. The van der Waals surface area contributed by atoms with Gasteiger partial charge in [0.25, 0.3) is 0 Å². The number of benzene rings is 2. The van der Waals surface area contributed by atoms with Crippen LogP contribution < -0.4 is 15.0 Å². The highest BCUT2D eigenvalue weighted by molar-refractivity contribution is 6.43. The molecule has 0 bridgehead atoms. The number of ether oxygens (including phenoxy) is 1. The van der Waals surface area contributed by atoms with Crippen molar-refractivity contribution in [3.05, 3.63) is 52.0 Å². The molecule has 2 aliphatic heterocycles. The highest BCUT2D eigenvalue weighted by Crippen LogP contribution is 2.33. The summed E-state index contributed by atoms with van der Waals surface area (Å²) in [7, 11) is 0. The highest BCUT2D eigenvalue weighted by Gasteiger charge is 2.20. The maximum atomic E-state index is 11.4. The lowest BCUT2D eigenvalue weighted by atomic mass is 10.1. The predicted molar refractivity (Wildman–Crippen MR) is 119 cm³/mol. The fraction of sp³-hybridized carbons (Fsp3) is 0.409. The van der Waals surface area contributed by atoms with Crippen molar-refractivity contribution in [1.29, 1.82) is 0 Å². The van der Waals surface area contributed by atoms with E-state index in [0.717, 1.165) is 68.3 Å². The quantitative estimate of drug-likeness (QED) is 0.654. The van der Waals surface area contributed by atoms with Gasteiger partial charge >= 0.3 is 0 Å². The van der Waals surface area contributed by atoms with Gasteiger partial charge in [0.05, 0.1) is 28.8 Å². The maximum absolute atomic E-state index is 11.4. The molecule has 1 fully saturated rings. The summed E-state index contributed by atoms with van der Waals surface area (Å²) in [5, 5.41) is 4.11. The van der Waals surface area contributed by atoms with Crippen molar-refractivity contribution in [2.24, 2.45) is 0 Å². The van der Waals surface area contributed by atoms with Crippen LogP contribution in [0.25, 0.3) is 0 Å². The van der Waals surface area contributed by atoms with Crippen LogP contribution in [0.1, 0.15) is 18.4 Å². The number of halogens is 2. The second-order valence-electron chi connectivity index (χ2n) is 7.50. The number of nitrogens with zero attached hydrogens (tertiary/aromatic N) is 2. The van der Waals surface area contributed by atoms with Crippen LogP contribution in [-0.4, -0.2) is 50.1 Å². The Bertz CT molecular complexity index is 882. The van der Waals surface area contributed by atoms with Gasteiger partial charge in [-0.2, -0.15) is 0 Å². The number of unbranched alkanes of at least 4 members (excludes halogenated alkanes) is 1. The molecule has 0 atom stereocenters. The first-order valence-electron chi connectivity index (χ1n) is 10.1. The van der Waals surface area contributed by atoms with E-state index < -0.39 is 0 Å². The van der Waals surface area contributed by atoms with Crippen molar-refractivity contribution >= 4 is 40.5 Å². The summed E-state index contributed by atoms with van der Waals surface area (Å²) in [6.07, 6.45) is 2.57. The molecule has 5 nitrogen and oxygen atoms in total. The standard InChI is InChI=1S/C22H25Cl2N3O2/c23-18-4-3-5-20(22(18)24)27-11-9-26(10-12-27)8-1-2-13-29-17-7-6-16-14-21(28)25-19(16)15-17/h3-7,15H,1-2,8-14H2,(H,25,28). The van der Waals surface area contributed by atoms with Crippen LogP contribution >= 0.6 is 23.2 Å². The van der Waals surface area contributed by atoms with Gasteiger partial charge in [0.15, 0.2) is 0 Å². The van der Waals surface area contributed by atoms with Crippen molar-refractivity contribution in [2.75, 3.05) is 49.5 Å². The molecular formula is C22H25Cl2N3O2. The van der Waals surface area contributed by atoms with Crippen LogP contribution in [0.3, 0.4) is 0 Å². The van der Waals surface area contributed by atoms with Crippen molar-refractivity contribution in [3.8, 4) is 5.75 Å². The van der Waals surface area contributed by atoms with E-state index in [1.54, 1.807) is 0 Å². The topological polar surface area (TPSA) is 44.8 Å². The van der Waals surface area contributed by atoms with Gasteiger partial charge in [-0.3, -0.25) is 9.69 Å². The zero-order valence-electron chi connectivity index (χ0n) is 16.3. The van der Waals surface area contributed by atoms with Crippen LogP contribution in [0.2, 0.25) is 10.0 Å². The maximum Gasteiger partial charge on any atom is 0.228 e. The Morgan fingerprint density at radius 2 is 1.86 bits per heavy atom. The Hall–Kier alpha value is -1.95. The van der Waals surface area contributed by atoms with Crippen LogP contribution in [0, 0.1) is 0 Å². The van der Waals surface area contributed by atoms with Crippen LogP contribution in [-0.2, 0) is 11.2 Å². The van der Waals surface area contributed by atoms with Gasteiger partial charge in [-0.25, -0.2) is 0 Å².